The normalized spacial score (nSPS) is 22.1. The second-order valence-electron chi connectivity index (χ2n) is 5.08. The van der Waals surface area contributed by atoms with E-state index in [1.165, 1.54) is 32.5 Å². The lowest BCUT2D eigenvalue weighted by molar-refractivity contribution is 0.0629. The number of nitrogens with zero attached hydrogens (tertiary/aromatic N) is 1. The molecule has 1 atom stereocenters. The van der Waals surface area contributed by atoms with E-state index >= 15 is 0 Å². The molecule has 0 amide bonds. The molecule has 0 bridgehead atoms. The number of hydrogen-bond acceptors (Lipinski definition) is 3. The smallest absolute Gasteiger partial charge is 0.0596 e. The predicted octanol–water partition coefficient (Wildman–Crippen LogP) is 1.73. The number of likely N-dealkylation sites (tertiary alicyclic amines) is 1. The van der Waals surface area contributed by atoms with Crippen molar-refractivity contribution in [2.75, 3.05) is 39.3 Å². The molecule has 1 unspecified atom stereocenters. The van der Waals surface area contributed by atoms with Gasteiger partial charge >= 0.3 is 0 Å². The van der Waals surface area contributed by atoms with E-state index in [1.807, 2.05) is 0 Å². The first-order valence-corrected chi connectivity index (χ1v) is 6.77. The van der Waals surface area contributed by atoms with Gasteiger partial charge < -0.3 is 15.0 Å². The maximum atomic E-state index is 5.58. The Labute approximate surface area is 101 Å². The van der Waals surface area contributed by atoms with E-state index in [0.717, 1.165) is 25.6 Å². The Morgan fingerprint density at radius 1 is 1.44 bits per heavy atom. The quantitative estimate of drug-likeness (QED) is 0.640. The van der Waals surface area contributed by atoms with Gasteiger partial charge in [-0.1, -0.05) is 6.92 Å². The van der Waals surface area contributed by atoms with Gasteiger partial charge in [0.1, 0.15) is 0 Å². The SMILES string of the molecule is CCCNCC1CCN(CCOC(C)C)C1. The summed E-state index contributed by atoms with van der Waals surface area (Å²) in [6, 6.07) is 0. The van der Waals surface area contributed by atoms with E-state index < -0.39 is 0 Å². The van der Waals surface area contributed by atoms with E-state index in [9.17, 15) is 0 Å². The number of nitrogens with one attached hydrogen (secondary N) is 1. The molecule has 1 heterocycles. The van der Waals surface area contributed by atoms with Gasteiger partial charge in [-0.3, -0.25) is 0 Å². The summed E-state index contributed by atoms with van der Waals surface area (Å²) in [7, 11) is 0. The van der Waals surface area contributed by atoms with Crippen LogP contribution in [0.2, 0.25) is 0 Å². The molecule has 1 saturated heterocycles. The minimum atomic E-state index is 0.365. The van der Waals surface area contributed by atoms with Crippen molar-refractivity contribution in [3.63, 3.8) is 0 Å². The highest BCUT2D eigenvalue weighted by Crippen LogP contribution is 2.14. The van der Waals surface area contributed by atoms with Crippen LogP contribution in [0.15, 0.2) is 0 Å². The third-order valence-electron chi connectivity index (χ3n) is 3.09. The zero-order chi connectivity index (χ0) is 11.8. The molecule has 3 nitrogen and oxygen atoms in total. The Bertz CT molecular complexity index is 173. The first-order valence-electron chi connectivity index (χ1n) is 6.77. The molecule has 96 valence electrons. The van der Waals surface area contributed by atoms with Gasteiger partial charge in [-0.05, 0) is 52.2 Å². The molecule has 1 fully saturated rings. The molecule has 0 aromatic heterocycles. The minimum absolute atomic E-state index is 0.365. The molecule has 1 aliphatic rings. The van der Waals surface area contributed by atoms with Crippen LogP contribution >= 0.6 is 0 Å². The molecule has 0 spiro atoms. The van der Waals surface area contributed by atoms with Crippen LogP contribution in [0.3, 0.4) is 0 Å². The lowest BCUT2D eigenvalue weighted by Crippen LogP contribution is -2.29. The summed E-state index contributed by atoms with van der Waals surface area (Å²) < 4.78 is 5.58. The molecule has 1 aliphatic heterocycles. The third-order valence-corrected chi connectivity index (χ3v) is 3.09. The minimum Gasteiger partial charge on any atom is -0.377 e. The molecule has 0 aromatic rings. The van der Waals surface area contributed by atoms with Crippen molar-refractivity contribution in [3.05, 3.63) is 0 Å². The first-order chi connectivity index (χ1) is 7.72. The second-order valence-corrected chi connectivity index (χ2v) is 5.08. The highest BCUT2D eigenvalue weighted by atomic mass is 16.5. The Kier molecular flexibility index (Phi) is 7.01. The molecule has 0 radical (unpaired) electrons. The van der Waals surface area contributed by atoms with E-state index in [2.05, 4.69) is 31.0 Å². The fourth-order valence-corrected chi connectivity index (χ4v) is 2.18. The van der Waals surface area contributed by atoms with E-state index in [-0.39, 0.29) is 0 Å². The van der Waals surface area contributed by atoms with Crippen molar-refractivity contribution >= 4 is 0 Å². The van der Waals surface area contributed by atoms with Crippen LogP contribution in [0.4, 0.5) is 0 Å². The van der Waals surface area contributed by atoms with Crippen LogP contribution in [0.1, 0.15) is 33.6 Å². The molecular weight excluding hydrogens is 200 g/mol. The zero-order valence-electron chi connectivity index (χ0n) is 11.2. The van der Waals surface area contributed by atoms with Crippen molar-refractivity contribution < 1.29 is 4.74 Å². The van der Waals surface area contributed by atoms with Crippen LogP contribution in [0, 0.1) is 5.92 Å². The van der Waals surface area contributed by atoms with Gasteiger partial charge in [-0.15, -0.1) is 0 Å². The molecule has 1 N–H and O–H groups in total. The summed E-state index contributed by atoms with van der Waals surface area (Å²) in [4.78, 5) is 2.53. The monoisotopic (exact) mass is 228 g/mol. The Hall–Kier alpha value is -0.120. The van der Waals surface area contributed by atoms with Crippen molar-refractivity contribution in [2.45, 2.75) is 39.7 Å². The summed E-state index contributed by atoms with van der Waals surface area (Å²) in [5, 5.41) is 3.51. The van der Waals surface area contributed by atoms with E-state index in [4.69, 9.17) is 4.74 Å². The molecule has 3 heteroatoms. The average molecular weight is 228 g/mol. The molecule has 1 rings (SSSR count). The lowest BCUT2D eigenvalue weighted by atomic mass is 10.1. The largest absolute Gasteiger partial charge is 0.377 e. The van der Waals surface area contributed by atoms with Crippen LogP contribution in [-0.2, 0) is 4.74 Å². The standard InChI is InChI=1S/C13H28N2O/c1-4-6-14-10-13-5-7-15(11-13)8-9-16-12(2)3/h12-14H,4-11H2,1-3H3. The fraction of sp³-hybridized carbons (Fsp3) is 1.00. The van der Waals surface area contributed by atoms with Crippen LogP contribution in [0.25, 0.3) is 0 Å². The maximum Gasteiger partial charge on any atom is 0.0596 e. The van der Waals surface area contributed by atoms with Gasteiger partial charge in [0.2, 0.25) is 0 Å². The third kappa shape index (κ3) is 5.83. The second kappa shape index (κ2) is 8.04. The molecular formula is C13H28N2O. The number of hydrogen-bond donors (Lipinski definition) is 1. The Morgan fingerprint density at radius 2 is 2.25 bits per heavy atom. The lowest BCUT2D eigenvalue weighted by Gasteiger charge is -2.17. The number of rotatable bonds is 8. The number of ether oxygens (including phenoxy) is 1. The van der Waals surface area contributed by atoms with Crippen LogP contribution in [0.5, 0.6) is 0 Å². The summed E-state index contributed by atoms with van der Waals surface area (Å²) in [5.41, 5.74) is 0. The van der Waals surface area contributed by atoms with Gasteiger partial charge in [-0.2, -0.15) is 0 Å². The highest BCUT2D eigenvalue weighted by Gasteiger charge is 2.21. The van der Waals surface area contributed by atoms with E-state index in [1.54, 1.807) is 0 Å². The predicted molar refractivity (Wildman–Crippen MR) is 68.8 cm³/mol. The summed E-state index contributed by atoms with van der Waals surface area (Å²) in [6.45, 7) is 13.2. The van der Waals surface area contributed by atoms with Gasteiger partial charge in [0, 0.05) is 13.1 Å². The van der Waals surface area contributed by atoms with Crippen molar-refractivity contribution in [3.8, 4) is 0 Å². The van der Waals surface area contributed by atoms with Gasteiger partial charge in [-0.25, -0.2) is 0 Å². The van der Waals surface area contributed by atoms with Gasteiger partial charge in [0.05, 0.1) is 12.7 Å². The van der Waals surface area contributed by atoms with Crippen molar-refractivity contribution in [1.82, 2.24) is 10.2 Å². The first kappa shape index (κ1) is 13.9. The molecule has 0 saturated carbocycles. The van der Waals surface area contributed by atoms with Gasteiger partial charge in [0.15, 0.2) is 0 Å². The van der Waals surface area contributed by atoms with Crippen molar-refractivity contribution in [1.29, 1.82) is 0 Å². The Morgan fingerprint density at radius 3 is 2.94 bits per heavy atom. The van der Waals surface area contributed by atoms with Gasteiger partial charge in [0.25, 0.3) is 0 Å². The fourth-order valence-electron chi connectivity index (χ4n) is 2.18. The van der Waals surface area contributed by atoms with Crippen LogP contribution < -0.4 is 5.32 Å². The summed E-state index contributed by atoms with van der Waals surface area (Å²) in [5.74, 6) is 0.852. The average Bonchev–Trinajstić information content (AvgIpc) is 2.66. The molecule has 0 aromatic carbocycles. The summed E-state index contributed by atoms with van der Waals surface area (Å²) >= 11 is 0. The maximum absolute atomic E-state index is 5.58. The van der Waals surface area contributed by atoms with Crippen LogP contribution in [-0.4, -0.2) is 50.3 Å². The molecule has 16 heavy (non-hydrogen) atoms. The molecule has 0 aliphatic carbocycles. The Balaban J connectivity index is 2.01. The highest BCUT2D eigenvalue weighted by molar-refractivity contribution is 4.76. The topological polar surface area (TPSA) is 24.5 Å². The van der Waals surface area contributed by atoms with Crippen molar-refractivity contribution in [2.24, 2.45) is 5.92 Å². The van der Waals surface area contributed by atoms with E-state index in [0.29, 0.717) is 6.10 Å². The zero-order valence-corrected chi connectivity index (χ0v) is 11.2. The summed E-state index contributed by atoms with van der Waals surface area (Å²) in [6.07, 6.45) is 2.95.